The predicted octanol–water partition coefficient (Wildman–Crippen LogP) is 1.91. The van der Waals surface area contributed by atoms with Crippen LogP contribution in [0.15, 0.2) is 43.0 Å². The minimum atomic E-state index is -1.01. The summed E-state index contributed by atoms with van der Waals surface area (Å²) in [4.78, 5) is 21.3. The minimum absolute atomic E-state index is 0.306. The third kappa shape index (κ3) is 3.79. The SMILES string of the molecule is C=CC(=O)Nc1cccc(/C=C/C(=O)O)c1. The van der Waals surface area contributed by atoms with Crippen molar-refractivity contribution in [1.29, 1.82) is 0 Å². The fraction of sp³-hybridized carbons (Fsp3) is 0. The third-order valence-electron chi connectivity index (χ3n) is 1.76. The van der Waals surface area contributed by atoms with Crippen LogP contribution in [-0.2, 0) is 9.59 Å². The van der Waals surface area contributed by atoms with Crippen LogP contribution >= 0.6 is 0 Å². The van der Waals surface area contributed by atoms with E-state index < -0.39 is 5.97 Å². The molecule has 0 saturated carbocycles. The summed E-state index contributed by atoms with van der Waals surface area (Å²) >= 11 is 0. The molecule has 0 fully saturated rings. The second-order valence-electron chi connectivity index (χ2n) is 2.99. The van der Waals surface area contributed by atoms with Crippen LogP contribution in [0, 0.1) is 0 Å². The summed E-state index contributed by atoms with van der Waals surface area (Å²) in [5, 5.41) is 11.0. The lowest BCUT2D eigenvalue weighted by molar-refractivity contribution is -0.131. The average molecular weight is 217 g/mol. The molecule has 0 radical (unpaired) electrons. The Morgan fingerprint density at radius 3 is 2.75 bits per heavy atom. The summed E-state index contributed by atoms with van der Waals surface area (Å²) in [6, 6.07) is 6.84. The number of carboxylic acid groups (broad SMARTS) is 1. The molecule has 0 saturated heterocycles. The molecule has 2 N–H and O–H groups in total. The van der Waals surface area contributed by atoms with Gasteiger partial charge in [0.15, 0.2) is 0 Å². The van der Waals surface area contributed by atoms with Crippen LogP contribution in [0.25, 0.3) is 6.08 Å². The zero-order chi connectivity index (χ0) is 12.0. The molecule has 1 aromatic carbocycles. The Hall–Kier alpha value is -2.36. The van der Waals surface area contributed by atoms with Gasteiger partial charge in [0.2, 0.25) is 5.91 Å². The van der Waals surface area contributed by atoms with E-state index in [1.54, 1.807) is 24.3 Å². The van der Waals surface area contributed by atoms with Crippen molar-refractivity contribution in [3.63, 3.8) is 0 Å². The van der Waals surface area contributed by atoms with E-state index >= 15 is 0 Å². The van der Waals surface area contributed by atoms with E-state index in [-0.39, 0.29) is 5.91 Å². The number of anilines is 1. The van der Waals surface area contributed by atoms with Crippen LogP contribution in [0.2, 0.25) is 0 Å². The van der Waals surface area contributed by atoms with E-state index in [9.17, 15) is 9.59 Å². The van der Waals surface area contributed by atoms with Gasteiger partial charge in [0, 0.05) is 11.8 Å². The van der Waals surface area contributed by atoms with Crippen LogP contribution in [0.1, 0.15) is 5.56 Å². The maximum Gasteiger partial charge on any atom is 0.328 e. The molecule has 0 atom stereocenters. The van der Waals surface area contributed by atoms with Gasteiger partial charge in [-0.2, -0.15) is 0 Å². The van der Waals surface area contributed by atoms with Crippen molar-refractivity contribution in [3.8, 4) is 0 Å². The number of nitrogens with one attached hydrogen (secondary N) is 1. The van der Waals surface area contributed by atoms with Crippen molar-refractivity contribution in [1.82, 2.24) is 0 Å². The molecular weight excluding hydrogens is 206 g/mol. The quantitative estimate of drug-likeness (QED) is 0.757. The van der Waals surface area contributed by atoms with E-state index in [0.29, 0.717) is 11.3 Å². The molecule has 0 aliphatic carbocycles. The molecule has 0 aliphatic rings. The molecule has 4 heteroatoms. The summed E-state index contributed by atoms with van der Waals surface area (Å²) in [6.07, 6.45) is 3.65. The number of carbonyl (C=O) groups is 2. The second-order valence-corrected chi connectivity index (χ2v) is 2.99. The molecule has 0 unspecified atom stereocenters. The lowest BCUT2D eigenvalue weighted by atomic mass is 10.2. The van der Waals surface area contributed by atoms with Gasteiger partial charge in [-0.15, -0.1) is 0 Å². The van der Waals surface area contributed by atoms with Gasteiger partial charge in [-0.3, -0.25) is 4.79 Å². The summed E-state index contributed by atoms with van der Waals surface area (Å²) < 4.78 is 0. The molecular formula is C12H11NO3. The first-order valence-corrected chi connectivity index (χ1v) is 4.56. The third-order valence-corrected chi connectivity index (χ3v) is 1.76. The largest absolute Gasteiger partial charge is 0.478 e. The fourth-order valence-corrected chi connectivity index (χ4v) is 1.08. The van der Waals surface area contributed by atoms with Crippen molar-refractivity contribution in [2.75, 3.05) is 5.32 Å². The zero-order valence-corrected chi connectivity index (χ0v) is 8.51. The predicted molar refractivity (Wildman–Crippen MR) is 61.9 cm³/mol. The number of carboxylic acids is 1. The highest BCUT2D eigenvalue weighted by molar-refractivity contribution is 5.99. The van der Waals surface area contributed by atoms with E-state index in [4.69, 9.17) is 5.11 Å². The molecule has 4 nitrogen and oxygen atoms in total. The number of carbonyl (C=O) groups excluding carboxylic acids is 1. The summed E-state index contributed by atoms with van der Waals surface area (Å²) in [5.41, 5.74) is 1.29. The smallest absolute Gasteiger partial charge is 0.328 e. The molecule has 0 heterocycles. The lowest BCUT2D eigenvalue weighted by Gasteiger charge is -2.02. The van der Waals surface area contributed by atoms with Crippen LogP contribution in [0.3, 0.4) is 0 Å². The van der Waals surface area contributed by atoms with Crippen molar-refractivity contribution in [2.45, 2.75) is 0 Å². The number of hydrogen-bond donors (Lipinski definition) is 2. The molecule has 0 aliphatic heterocycles. The average Bonchev–Trinajstić information content (AvgIpc) is 2.26. The Morgan fingerprint density at radius 1 is 1.38 bits per heavy atom. The Kier molecular flexibility index (Phi) is 4.03. The molecule has 1 amide bonds. The van der Waals surface area contributed by atoms with Crippen molar-refractivity contribution in [3.05, 3.63) is 48.6 Å². The highest BCUT2D eigenvalue weighted by Crippen LogP contribution is 2.11. The topological polar surface area (TPSA) is 66.4 Å². The molecule has 0 bridgehead atoms. The lowest BCUT2D eigenvalue weighted by Crippen LogP contribution is -2.06. The summed E-state index contributed by atoms with van der Waals surface area (Å²) in [7, 11) is 0. The van der Waals surface area contributed by atoms with Gasteiger partial charge in [-0.1, -0.05) is 18.7 Å². The first kappa shape index (κ1) is 11.7. The monoisotopic (exact) mass is 217 g/mol. The normalized spacial score (nSPS) is 10.0. The maximum atomic E-state index is 11.0. The van der Waals surface area contributed by atoms with Crippen molar-refractivity contribution < 1.29 is 14.7 Å². The van der Waals surface area contributed by atoms with Crippen molar-refractivity contribution in [2.24, 2.45) is 0 Å². The Morgan fingerprint density at radius 2 is 2.12 bits per heavy atom. The first-order chi connectivity index (χ1) is 7.61. The molecule has 0 aromatic heterocycles. The molecule has 16 heavy (non-hydrogen) atoms. The van der Waals surface area contributed by atoms with E-state index in [2.05, 4.69) is 11.9 Å². The van der Waals surface area contributed by atoms with Gasteiger partial charge in [0.05, 0.1) is 0 Å². The highest BCUT2D eigenvalue weighted by atomic mass is 16.4. The van der Waals surface area contributed by atoms with Gasteiger partial charge in [-0.05, 0) is 29.8 Å². The van der Waals surface area contributed by atoms with Crippen LogP contribution < -0.4 is 5.32 Å². The van der Waals surface area contributed by atoms with E-state index in [1.807, 2.05) is 0 Å². The number of benzene rings is 1. The number of aliphatic carboxylic acids is 1. The van der Waals surface area contributed by atoms with Gasteiger partial charge >= 0.3 is 5.97 Å². The number of hydrogen-bond acceptors (Lipinski definition) is 2. The molecule has 82 valence electrons. The first-order valence-electron chi connectivity index (χ1n) is 4.56. The van der Waals surface area contributed by atoms with Gasteiger partial charge < -0.3 is 10.4 Å². The Bertz CT molecular complexity index is 449. The second kappa shape index (κ2) is 5.50. The van der Waals surface area contributed by atoms with E-state index in [0.717, 1.165) is 6.08 Å². The highest BCUT2D eigenvalue weighted by Gasteiger charge is 1.97. The van der Waals surface area contributed by atoms with Crippen LogP contribution in [-0.4, -0.2) is 17.0 Å². The standard InChI is InChI=1S/C12H11NO3/c1-2-11(14)13-10-5-3-4-9(8-10)6-7-12(15)16/h2-8H,1H2,(H,13,14)(H,15,16)/b7-6+. The molecule has 1 aromatic rings. The number of amides is 1. The van der Waals surface area contributed by atoms with Crippen LogP contribution in [0.5, 0.6) is 0 Å². The van der Waals surface area contributed by atoms with Crippen LogP contribution in [0.4, 0.5) is 5.69 Å². The molecule has 1 rings (SSSR count). The van der Waals surface area contributed by atoms with E-state index in [1.165, 1.54) is 12.2 Å². The number of rotatable bonds is 4. The molecule has 0 spiro atoms. The van der Waals surface area contributed by atoms with Gasteiger partial charge in [-0.25, -0.2) is 4.79 Å². The summed E-state index contributed by atoms with van der Waals surface area (Å²) in [6.45, 7) is 3.33. The summed E-state index contributed by atoms with van der Waals surface area (Å²) in [5.74, 6) is -1.32. The minimum Gasteiger partial charge on any atom is -0.478 e. The Labute approximate surface area is 92.9 Å². The van der Waals surface area contributed by atoms with Gasteiger partial charge in [0.25, 0.3) is 0 Å². The maximum absolute atomic E-state index is 11.0. The Balaban J connectivity index is 2.82. The van der Waals surface area contributed by atoms with Crippen molar-refractivity contribution >= 4 is 23.6 Å². The zero-order valence-electron chi connectivity index (χ0n) is 8.51. The fourth-order valence-electron chi connectivity index (χ4n) is 1.08. The van der Waals surface area contributed by atoms with Gasteiger partial charge in [0.1, 0.15) is 0 Å².